The summed E-state index contributed by atoms with van der Waals surface area (Å²) in [5.74, 6) is 0.870. The highest BCUT2D eigenvalue weighted by Crippen LogP contribution is 2.27. The fraction of sp³-hybridized carbons (Fsp3) is 0.750. The molecule has 0 aromatic carbocycles. The van der Waals surface area contributed by atoms with Gasteiger partial charge in [0.1, 0.15) is 0 Å². The summed E-state index contributed by atoms with van der Waals surface area (Å²) < 4.78 is 11.3. The van der Waals surface area contributed by atoms with Crippen LogP contribution in [0.15, 0.2) is 22.5 Å². The summed E-state index contributed by atoms with van der Waals surface area (Å²) in [5, 5.41) is 9.08. The number of rotatable bonds is 10. The second-order valence-electron chi connectivity index (χ2n) is 7.22. The lowest BCUT2D eigenvalue weighted by Gasteiger charge is -2.27. The normalized spacial score (nSPS) is 21.5. The first-order valence-corrected chi connectivity index (χ1v) is 11.2. The van der Waals surface area contributed by atoms with Crippen LogP contribution in [0.4, 0.5) is 0 Å². The van der Waals surface area contributed by atoms with Crippen molar-refractivity contribution in [3.8, 4) is 0 Å². The molecule has 2 atom stereocenters. The highest BCUT2D eigenvalue weighted by molar-refractivity contribution is 14.0. The Hall–Kier alpha value is -0.420. The van der Waals surface area contributed by atoms with Crippen LogP contribution in [0.5, 0.6) is 0 Å². The highest BCUT2D eigenvalue weighted by Gasteiger charge is 2.24. The molecule has 2 aliphatic rings. The van der Waals surface area contributed by atoms with Gasteiger partial charge in [-0.25, -0.2) is 0 Å². The van der Waals surface area contributed by atoms with E-state index in [1.807, 2.05) is 18.4 Å². The summed E-state index contributed by atoms with van der Waals surface area (Å²) in [5.41, 5.74) is 0. The summed E-state index contributed by atoms with van der Waals surface area (Å²) in [6.07, 6.45) is 6.20. The number of likely N-dealkylation sites (tertiary alicyclic amines) is 1. The van der Waals surface area contributed by atoms with Crippen LogP contribution in [-0.2, 0) is 9.47 Å². The quantitative estimate of drug-likeness (QED) is 0.214. The van der Waals surface area contributed by atoms with Crippen LogP contribution < -0.4 is 10.6 Å². The molecule has 6 nitrogen and oxygen atoms in total. The molecule has 1 aromatic rings. The molecule has 8 heteroatoms. The first kappa shape index (κ1) is 23.9. The van der Waals surface area contributed by atoms with Crippen molar-refractivity contribution in [2.75, 3.05) is 53.0 Å². The third-order valence-electron chi connectivity index (χ3n) is 5.23. The van der Waals surface area contributed by atoms with Crippen molar-refractivity contribution >= 4 is 41.3 Å². The van der Waals surface area contributed by atoms with Gasteiger partial charge in [-0.05, 0) is 56.6 Å². The van der Waals surface area contributed by atoms with Crippen molar-refractivity contribution in [2.45, 2.75) is 44.2 Å². The third-order valence-corrected chi connectivity index (χ3v) is 6.20. The molecule has 1 aromatic heterocycles. The van der Waals surface area contributed by atoms with Gasteiger partial charge in [-0.2, -0.15) is 0 Å². The van der Waals surface area contributed by atoms with Crippen LogP contribution in [0, 0.1) is 0 Å². The number of hydrogen-bond acceptors (Lipinski definition) is 5. The van der Waals surface area contributed by atoms with E-state index in [0.29, 0.717) is 12.1 Å². The van der Waals surface area contributed by atoms with E-state index < -0.39 is 0 Å². The summed E-state index contributed by atoms with van der Waals surface area (Å²) in [6.45, 7) is 6.51. The molecule has 3 heterocycles. The Morgan fingerprint density at radius 3 is 2.89 bits per heavy atom. The van der Waals surface area contributed by atoms with Gasteiger partial charge in [0.25, 0.3) is 0 Å². The maximum Gasteiger partial charge on any atom is 0.191 e. The van der Waals surface area contributed by atoms with E-state index in [2.05, 4.69) is 38.0 Å². The van der Waals surface area contributed by atoms with Crippen molar-refractivity contribution < 1.29 is 9.47 Å². The number of aliphatic imine (C=N–C) groups is 1. The number of thiophene rings is 1. The van der Waals surface area contributed by atoms with E-state index in [0.717, 1.165) is 51.7 Å². The number of guanidine groups is 1. The Balaban J connectivity index is 0.00000280. The Morgan fingerprint density at radius 2 is 2.21 bits per heavy atom. The monoisotopic (exact) mass is 522 g/mol. The van der Waals surface area contributed by atoms with Gasteiger partial charge in [-0.3, -0.25) is 9.89 Å². The molecule has 0 radical (unpaired) electrons. The molecule has 0 aliphatic carbocycles. The Bertz CT molecular complexity index is 546. The lowest BCUT2D eigenvalue weighted by molar-refractivity contribution is 0.0168. The lowest BCUT2D eigenvalue weighted by Crippen LogP contribution is -2.42. The molecule has 2 saturated heterocycles. The zero-order chi connectivity index (χ0) is 18.7. The molecule has 2 N–H and O–H groups in total. The Kier molecular flexibility index (Phi) is 11.7. The van der Waals surface area contributed by atoms with Crippen molar-refractivity contribution in [3.05, 3.63) is 22.4 Å². The molecule has 28 heavy (non-hydrogen) atoms. The molecule has 2 aliphatic heterocycles. The lowest BCUT2D eigenvalue weighted by atomic mass is 10.2. The standard InChI is InChI=1S/C20H34N4O2S.HI/c1-21-20(22-9-6-12-25-16-17-7-4-13-26-17)23-15-18(19-8-5-14-27-19)24-10-2-3-11-24;/h5,8,14,17-18H,2-4,6-7,9-13,15-16H2,1H3,(H2,21,22,23);1H. The SMILES string of the molecule is CN=C(NCCCOCC1CCCO1)NCC(c1cccs1)N1CCCC1.I. The van der Waals surface area contributed by atoms with Crippen LogP contribution in [-0.4, -0.2) is 70.0 Å². The number of nitrogens with one attached hydrogen (secondary N) is 2. The van der Waals surface area contributed by atoms with Crippen molar-refractivity contribution in [1.29, 1.82) is 0 Å². The average molecular weight is 522 g/mol. The van der Waals surface area contributed by atoms with E-state index in [1.165, 1.54) is 37.2 Å². The fourth-order valence-electron chi connectivity index (χ4n) is 3.73. The average Bonchev–Trinajstić information content (AvgIpc) is 3.46. The molecule has 2 unspecified atom stereocenters. The Morgan fingerprint density at radius 1 is 1.36 bits per heavy atom. The van der Waals surface area contributed by atoms with Crippen LogP contribution in [0.1, 0.15) is 43.0 Å². The molecule has 0 spiro atoms. The van der Waals surface area contributed by atoms with Gasteiger partial charge >= 0.3 is 0 Å². The van der Waals surface area contributed by atoms with Crippen LogP contribution in [0.2, 0.25) is 0 Å². The summed E-state index contributed by atoms with van der Waals surface area (Å²) >= 11 is 1.85. The number of halogens is 1. The Labute approximate surface area is 190 Å². The van der Waals surface area contributed by atoms with E-state index >= 15 is 0 Å². The maximum atomic E-state index is 5.72. The molecule has 0 bridgehead atoms. The summed E-state index contributed by atoms with van der Waals surface area (Å²) in [4.78, 5) is 8.39. The van der Waals surface area contributed by atoms with Crippen LogP contribution in [0.25, 0.3) is 0 Å². The predicted octanol–water partition coefficient (Wildman–Crippen LogP) is 3.25. The van der Waals surface area contributed by atoms with Gasteiger partial charge in [0.2, 0.25) is 0 Å². The molecule has 0 saturated carbocycles. The summed E-state index contributed by atoms with van der Waals surface area (Å²) in [7, 11) is 1.83. The first-order chi connectivity index (χ1) is 13.4. The van der Waals surface area contributed by atoms with Crippen molar-refractivity contribution in [3.63, 3.8) is 0 Å². The predicted molar refractivity (Wildman–Crippen MR) is 127 cm³/mol. The molecular weight excluding hydrogens is 487 g/mol. The van der Waals surface area contributed by atoms with E-state index in [1.54, 1.807) is 0 Å². The minimum absolute atomic E-state index is 0. The topological polar surface area (TPSA) is 58.1 Å². The van der Waals surface area contributed by atoms with Crippen LogP contribution in [0.3, 0.4) is 0 Å². The van der Waals surface area contributed by atoms with Crippen molar-refractivity contribution in [1.82, 2.24) is 15.5 Å². The van der Waals surface area contributed by atoms with Crippen molar-refractivity contribution in [2.24, 2.45) is 4.99 Å². The third kappa shape index (κ3) is 7.78. The summed E-state index contributed by atoms with van der Waals surface area (Å²) in [6, 6.07) is 4.82. The first-order valence-electron chi connectivity index (χ1n) is 10.3. The van der Waals surface area contributed by atoms with Gasteiger partial charge < -0.3 is 20.1 Å². The van der Waals surface area contributed by atoms with E-state index in [9.17, 15) is 0 Å². The molecule has 160 valence electrons. The molecule has 2 fully saturated rings. The molecular formula is C20H35IN4O2S. The number of nitrogens with zero attached hydrogens (tertiary/aromatic N) is 2. The largest absolute Gasteiger partial charge is 0.379 e. The zero-order valence-electron chi connectivity index (χ0n) is 16.9. The fourth-order valence-corrected chi connectivity index (χ4v) is 4.59. The maximum absolute atomic E-state index is 5.72. The van der Waals surface area contributed by atoms with Gasteiger partial charge in [0.15, 0.2) is 5.96 Å². The minimum Gasteiger partial charge on any atom is -0.379 e. The number of ether oxygens (including phenoxy) is 2. The van der Waals surface area contributed by atoms with Gasteiger partial charge in [-0.15, -0.1) is 35.3 Å². The minimum atomic E-state index is 0. The van der Waals surface area contributed by atoms with Gasteiger partial charge in [0.05, 0.1) is 18.8 Å². The molecule has 0 amide bonds. The smallest absolute Gasteiger partial charge is 0.191 e. The van der Waals surface area contributed by atoms with E-state index in [-0.39, 0.29) is 24.0 Å². The molecule has 3 rings (SSSR count). The van der Waals surface area contributed by atoms with Crippen LogP contribution >= 0.6 is 35.3 Å². The second-order valence-corrected chi connectivity index (χ2v) is 8.20. The number of hydrogen-bond donors (Lipinski definition) is 2. The van der Waals surface area contributed by atoms with Gasteiger partial charge in [-0.1, -0.05) is 6.07 Å². The zero-order valence-corrected chi connectivity index (χ0v) is 20.0. The van der Waals surface area contributed by atoms with E-state index in [4.69, 9.17) is 9.47 Å². The van der Waals surface area contributed by atoms with Gasteiger partial charge in [0, 0.05) is 38.2 Å². The second kappa shape index (κ2) is 13.7. The highest BCUT2D eigenvalue weighted by atomic mass is 127.